The largest absolute Gasteiger partial charge is 0.349 e. The summed E-state index contributed by atoms with van der Waals surface area (Å²) in [5.41, 5.74) is 6.80. The topological polar surface area (TPSA) is 75.4 Å². The molecule has 2 rings (SSSR count). The lowest BCUT2D eigenvalue weighted by Crippen LogP contribution is -2.44. The van der Waals surface area contributed by atoms with Gasteiger partial charge < -0.3 is 16.0 Å². The van der Waals surface area contributed by atoms with Gasteiger partial charge in [-0.05, 0) is 30.5 Å². The molecule has 0 aromatic heterocycles. The van der Waals surface area contributed by atoms with Crippen LogP contribution in [0.15, 0.2) is 28.7 Å². The van der Waals surface area contributed by atoms with Gasteiger partial charge in [-0.1, -0.05) is 28.1 Å². The molecule has 1 unspecified atom stereocenters. The second-order valence-corrected chi connectivity index (χ2v) is 6.64. The average Bonchev–Trinajstić information content (AvgIpc) is 2.47. The number of carbonyl (C=O) groups is 2. The molecule has 1 atom stereocenters. The Labute approximate surface area is 151 Å². The van der Waals surface area contributed by atoms with Crippen LogP contribution < -0.4 is 11.1 Å². The Kier molecular flexibility index (Phi) is 8.02. The molecular weight excluding hydrogens is 382 g/mol. The van der Waals surface area contributed by atoms with Crippen LogP contribution in [0.3, 0.4) is 0 Å². The fourth-order valence-electron chi connectivity index (χ4n) is 2.65. The number of piperidine rings is 1. The smallest absolute Gasteiger partial charge is 0.224 e. The first-order chi connectivity index (χ1) is 10.5. The van der Waals surface area contributed by atoms with Gasteiger partial charge in [-0.2, -0.15) is 0 Å². The third kappa shape index (κ3) is 6.12. The van der Waals surface area contributed by atoms with E-state index in [-0.39, 0.29) is 42.7 Å². The molecule has 7 heteroatoms. The van der Waals surface area contributed by atoms with Crippen LogP contribution in [0.25, 0.3) is 0 Å². The van der Waals surface area contributed by atoms with Crippen LogP contribution in [0.4, 0.5) is 0 Å². The first kappa shape index (κ1) is 19.9. The Morgan fingerprint density at radius 2 is 1.87 bits per heavy atom. The van der Waals surface area contributed by atoms with Gasteiger partial charge in [0.05, 0.1) is 12.5 Å². The third-order valence-electron chi connectivity index (χ3n) is 3.92. The summed E-state index contributed by atoms with van der Waals surface area (Å²) in [4.78, 5) is 25.7. The number of likely N-dealkylation sites (tertiary alicyclic amines) is 1. The summed E-state index contributed by atoms with van der Waals surface area (Å²) in [6, 6.07) is 7.56. The molecule has 2 amide bonds. The molecule has 0 spiro atoms. The lowest BCUT2D eigenvalue weighted by atomic mass is 10.0. The average molecular weight is 405 g/mol. The van der Waals surface area contributed by atoms with Gasteiger partial charge in [-0.3, -0.25) is 9.59 Å². The summed E-state index contributed by atoms with van der Waals surface area (Å²) >= 11 is 3.39. The van der Waals surface area contributed by atoms with Crippen molar-refractivity contribution in [1.29, 1.82) is 0 Å². The van der Waals surface area contributed by atoms with Gasteiger partial charge in [-0.25, -0.2) is 0 Å². The van der Waals surface area contributed by atoms with Crippen LogP contribution in [0, 0.1) is 0 Å². The lowest BCUT2D eigenvalue weighted by Gasteiger charge is -2.31. The summed E-state index contributed by atoms with van der Waals surface area (Å²) in [6.45, 7) is 2.87. The SMILES string of the molecule is CC(=O)NC(CC(=O)N1CCC(N)CC1)c1ccc(Br)cc1.Cl. The third-order valence-corrected chi connectivity index (χ3v) is 4.45. The predicted molar refractivity (Wildman–Crippen MR) is 96.4 cm³/mol. The minimum Gasteiger partial charge on any atom is -0.349 e. The summed E-state index contributed by atoms with van der Waals surface area (Å²) < 4.78 is 0.967. The minimum atomic E-state index is -0.298. The highest BCUT2D eigenvalue weighted by molar-refractivity contribution is 9.10. The zero-order valence-corrected chi connectivity index (χ0v) is 15.5. The van der Waals surface area contributed by atoms with Crippen molar-refractivity contribution in [2.45, 2.75) is 38.3 Å². The molecule has 128 valence electrons. The van der Waals surface area contributed by atoms with Crippen LogP contribution in [0.5, 0.6) is 0 Å². The first-order valence-corrected chi connectivity index (χ1v) is 8.31. The highest BCUT2D eigenvalue weighted by atomic mass is 79.9. The first-order valence-electron chi connectivity index (χ1n) is 7.51. The van der Waals surface area contributed by atoms with Crippen molar-refractivity contribution in [2.24, 2.45) is 5.73 Å². The number of hydrogen-bond acceptors (Lipinski definition) is 3. The Morgan fingerprint density at radius 3 is 2.39 bits per heavy atom. The molecule has 1 aromatic rings. The van der Waals surface area contributed by atoms with Crippen LogP contribution in [0.2, 0.25) is 0 Å². The molecule has 1 aliphatic rings. The Bertz CT molecular complexity index is 531. The van der Waals surface area contributed by atoms with Gasteiger partial charge in [0, 0.05) is 30.5 Å². The van der Waals surface area contributed by atoms with Crippen LogP contribution in [-0.2, 0) is 9.59 Å². The number of halogens is 2. The maximum absolute atomic E-state index is 12.5. The number of hydrogen-bond donors (Lipinski definition) is 2. The fourth-order valence-corrected chi connectivity index (χ4v) is 2.91. The van der Waals surface area contributed by atoms with Gasteiger partial charge in [0.1, 0.15) is 0 Å². The molecule has 1 saturated heterocycles. The molecule has 0 saturated carbocycles. The number of nitrogens with one attached hydrogen (secondary N) is 1. The van der Waals surface area contributed by atoms with E-state index < -0.39 is 0 Å². The van der Waals surface area contributed by atoms with Gasteiger partial charge in [0.25, 0.3) is 0 Å². The molecule has 5 nitrogen and oxygen atoms in total. The normalized spacial score (nSPS) is 16.4. The van der Waals surface area contributed by atoms with Crippen molar-refractivity contribution >= 4 is 40.2 Å². The summed E-state index contributed by atoms with van der Waals surface area (Å²) in [5, 5.41) is 2.87. The lowest BCUT2D eigenvalue weighted by molar-refractivity contribution is -0.133. The zero-order chi connectivity index (χ0) is 16.1. The van der Waals surface area contributed by atoms with E-state index in [1.54, 1.807) is 0 Å². The van der Waals surface area contributed by atoms with E-state index in [4.69, 9.17) is 5.73 Å². The van der Waals surface area contributed by atoms with Crippen molar-refractivity contribution in [3.05, 3.63) is 34.3 Å². The van der Waals surface area contributed by atoms with Crippen LogP contribution in [-0.4, -0.2) is 35.8 Å². The van der Waals surface area contributed by atoms with Gasteiger partial charge in [0.2, 0.25) is 11.8 Å². The number of amides is 2. The number of carbonyl (C=O) groups excluding carboxylic acids is 2. The second-order valence-electron chi connectivity index (χ2n) is 5.73. The van der Waals surface area contributed by atoms with E-state index in [2.05, 4.69) is 21.2 Å². The second kappa shape index (κ2) is 9.25. The highest BCUT2D eigenvalue weighted by Crippen LogP contribution is 2.21. The van der Waals surface area contributed by atoms with Gasteiger partial charge in [0.15, 0.2) is 0 Å². The summed E-state index contributed by atoms with van der Waals surface area (Å²) in [5.74, 6) is -0.0741. The fraction of sp³-hybridized carbons (Fsp3) is 0.500. The van der Waals surface area contributed by atoms with Crippen molar-refractivity contribution in [3.8, 4) is 0 Å². The standard InChI is InChI=1S/C16H22BrN3O2.ClH/c1-11(21)19-15(12-2-4-13(17)5-3-12)10-16(22)20-8-6-14(18)7-9-20;/h2-5,14-15H,6-10,18H2,1H3,(H,19,21);1H. The molecule has 1 heterocycles. The molecule has 0 aliphatic carbocycles. The molecule has 0 radical (unpaired) electrons. The van der Waals surface area contributed by atoms with Crippen LogP contribution >= 0.6 is 28.3 Å². The van der Waals surface area contributed by atoms with Gasteiger partial charge >= 0.3 is 0 Å². The summed E-state index contributed by atoms with van der Waals surface area (Å²) in [7, 11) is 0. The number of rotatable bonds is 4. The molecule has 1 aliphatic heterocycles. The Balaban J connectivity index is 0.00000264. The quantitative estimate of drug-likeness (QED) is 0.809. The van der Waals surface area contributed by atoms with E-state index >= 15 is 0 Å². The highest BCUT2D eigenvalue weighted by Gasteiger charge is 2.24. The minimum absolute atomic E-state index is 0. The number of benzene rings is 1. The van der Waals surface area contributed by atoms with Crippen LogP contribution in [0.1, 0.15) is 37.8 Å². The van der Waals surface area contributed by atoms with E-state index in [1.165, 1.54) is 6.92 Å². The molecule has 1 fully saturated rings. The molecular formula is C16H23BrClN3O2. The van der Waals surface area contributed by atoms with Crippen molar-refractivity contribution in [1.82, 2.24) is 10.2 Å². The molecule has 0 bridgehead atoms. The number of nitrogens with zero attached hydrogens (tertiary/aromatic N) is 1. The predicted octanol–water partition coefficient (Wildman–Crippen LogP) is 2.39. The van der Waals surface area contributed by atoms with E-state index in [0.717, 1.165) is 22.9 Å². The number of nitrogens with two attached hydrogens (primary N) is 1. The monoisotopic (exact) mass is 403 g/mol. The molecule has 1 aromatic carbocycles. The molecule has 23 heavy (non-hydrogen) atoms. The van der Waals surface area contributed by atoms with E-state index in [9.17, 15) is 9.59 Å². The Hall–Kier alpha value is -1.11. The maximum Gasteiger partial charge on any atom is 0.224 e. The van der Waals surface area contributed by atoms with Gasteiger partial charge in [-0.15, -0.1) is 12.4 Å². The van der Waals surface area contributed by atoms with Crippen molar-refractivity contribution < 1.29 is 9.59 Å². The van der Waals surface area contributed by atoms with E-state index in [1.807, 2.05) is 29.2 Å². The maximum atomic E-state index is 12.5. The van der Waals surface area contributed by atoms with Crippen molar-refractivity contribution in [2.75, 3.05) is 13.1 Å². The van der Waals surface area contributed by atoms with E-state index in [0.29, 0.717) is 13.1 Å². The Morgan fingerprint density at radius 1 is 1.30 bits per heavy atom. The zero-order valence-electron chi connectivity index (χ0n) is 13.1. The summed E-state index contributed by atoms with van der Waals surface area (Å²) in [6.07, 6.45) is 1.96. The van der Waals surface area contributed by atoms with Crippen molar-refractivity contribution in [3.63, 3.8) is 0 Å². The molecule has 3 N–H and O–H groups in total.